The molecule has 148 valence electrons. The van der Waals surface area contributed by atoms with Gasteiger partial charge in [0.25, 0.3) is 0 Å². The number of halogens is 3. The molecule has 3 rings (SSSR count). The van der Waals surface area contributed by atoms with E-state index in [9.17, 15) is 23.1 Å². The van der Waals surface area contributed by atoms with Gasteiger partial charge in [-0.05, 0) is 24.0 Å². The Morgan fingerprint density at radius 3 is 2.32 bits per heavy atom. The maximum atomic E-state index is 13.2. The van der Waals surface area contributed by atoms with Crippen LogP contribution in [0.5, 0.6) is 0 Å². The van der Waals surface area contributed by atoms with E-state index in [1.165, 1.54) is 0 Å². The van der Waals surface area contributed by atoms with Crippen molar-refractivity contribution in [3.63, 3.8) is 0 Å². The minimum absolute atomic E-state index is 0.0615. The number of benzene rings is 2. The number of carbonyl (C=O) groups is 1. The van der Waals surface area contributed by atoms with E-state index in [2.05, 4.69) is 5.10 Å². The second-order valence-electron chi connectivity index (χ2n) is 6.78. The summed E-state index contributed by atoms with van der Waals surface area (Å²) in [6.07, 6.45) is -4.47. The molecule has 1 aliphatic rings. The van der Waals surface area contributed by atoms with E-state index < -0.39 is 29.9 Å². The molecule has 0 fully saturated rings. The molecule has 7 heteroatoms. The van der Waals surface area contributed by atoms with Gasteiger partial charge in [-0.3, -0.25) is 4.79 Å². The lowest BCUT2D eigenvalue weighted by Crippen LogP contribution is -2.43. The van der Waals surface area contributed by atoms with Crippen molar-refractivity contribution in [2.24, 2.45) is 5.10 Å². The largest absolute Gasteiger partial charge is 0.431 e. The topological polar surface area (TPSA) is 52.9 Å². The smallest absolute Gasteiger partial charge is 0.365 e. The number of hydrogen-bond acceptors (Lipinski definition) is 3. The van der Waals surface area contributed by atoms with Crippen LogP contribution in [-0.2, 0) is 23.4 Å². The van der Waals surface area contributed by atoms with Gasteiger partial charge >= 0.3 is 6.18 Å². The molecule has 2 aromatic rings. The Labute approximate surface area is 161 Å². The number of amides is 1. The van der Waals surface area contributed by atoms with Crippen LogP contribution in [0.4, 0.5) is 13.2 Å². The van der Waals surface area contributed by atoms with E-state index >= 15 is 0 Å². The van der Waals surface area contributed by atoms with Crippen LogP contribution in [0.25, 0.3) is 0 Å². The summed E-state index contributed by atoms with van der Waals surface area (Å²) in [6, 6.07) is 15.7. The number of rotatable bonds is 5. The van der Waals surface area contributed by atoms with Crippen LogP contribution >= 0.6 is 0 Å². The Balaban J connectivity index is 1.88. The molecule has 28 heavy (non-hydrogen) atoms. The molecule has 0 radical (unpaired) electrons. The summed E-state index contributed by atoms with van der Waals surface area (Å²) in [5.74, 6) is -0.662. The predicted octanol–water partition coefficient (Wildman–Crippen LogP) is 4.18. The summed E-state index contributed by atoms with van der Waals surface area (Å²) >= 11 is 0. The average molecular weight is 390 g/mol. The van der Waals surface area contributed by atoms with E-state index in [0.29, 0.717) is 11.4 Å². The molecule has 2 aromatic carbocycles. The fraction of sp³-hybridized carbons (Fsp3) is 0.333. The van der Waals surface area contributed by atoms with Gasteiger partial charge in [0, 0.05) is 12.0 Å². The lowest BCUT2D eigenvalue weighted by atomic mass is 9.95. The van der Waals surface area contributed by atoms with E-state index in [0.717, 1.165) is 17.5 Å². The summed E-state index contributed by atoms with van der Waals surface area (Å²) < 4.78 is 39.7. The Hall–Kier alpha value is -2.67. The van der Waals surface area contributed by atoms with Crippen molar-refractivity contribution >= 4 is 11.6 Å². The van der Waals surface area contributed by atoms with Crippen molar-refractivity contribution in [3.8, 4) is 0 Å². The highest BCUT2D eigenvalue weighted by Crippen LogP contribution is 2.40. The van der Waals surface area contributed by atoms with Gasteiger partial charge in [0.1, 0.15) is 5.71 Å². The number of hydrogen-bond donors (Lipinski definition) is 1. The number of aliphatic hydroxyl groups is 1. The number of hydrazone groups is 1. The van der Waals surface area contributed by atoms with Crippen molar-refractivity contribution < 1.29 is 23.1 Å². The maximum absolute atomic E-state index is 13.2. The van der Waals surface area contributed by atoms with Crippen LogP contribution in [0.2, 0.25) is 0 Å². The summed E-state index contributed by atoms with van der Waals surface area (Å²) in [6.45, 7) is 1.95. The molecule has 1 atom stereocenters. The lowest BCUT2D eigenvalue weighted by molar-refractivity contribution is -0.157. The third kappa shape index (κ3) is 4.09. The normalized spacial score (nSPS) is 19.6. The minimum Gasteiger partial charge on any atom is -0.365 e. The van der Waals surface area contributed by atoms with Crippen molar-refractivity contribution in [1.82, 2.24) is 5.01 Å². The van der Waals surface area contributed by atoms with Gasteiger partial charge in [0.15, 0.2) is 5.72 Å². The molecular weight excluding hydrogens is 369 g/mol. The summed E-state index contributed by atoms with van der Waals surface area (Å²) in [5.41, 5.74) is -1.25. The number of carbonyl (C=O) groups excluding carboxylic acids is 1. The molecular formula is C21H21F3N2O2. The molecule has 4 nitrogen and oxygen atoms in total. The van der Waals surface area contributed by atoms with Gasteiger partial charge in [-0.2, -0.15) is 23.3 Å². The van der Waals surface area contributed by atoms with E-state index in [1.807, 2.05) is 37.3 Å². The summed E-state index contributed by atoms with van der Waals surface area (Å²) in [5, 5.41) is 15.1. The molecule has 1 amide bonds. The first-order valence-electron chi connectivity index (χ1n) is 9.07. The summed E-state index contributed by atoms with van der Waals surface area (Å²) in [7, 11) is 0. The second-order valence-corrected chi connectivity index (χ2v) is 6.78. The van der Waals surface area contributed by atoms with Crippen molar-refractivity contribution in [3.05, 3.63) is 71.3 Å². The first-order valence-corrected chi connectivity index (χ1v) is 9.07. The fourth-order valence-corrected chi connectivity index (χ4v) is 3.20. The Bertz CT molecular complexity index is 863. The van der Waals surface area contributed by atoms with Crippen LogP contribution in [0.15, 0.2) is 59.7 Å². The summed E-state index contributed by atoms with van der Waals surface area (Å²) in [4.78, 5) is 12.7. The molecule has 1 N–H and O–H groups in total. The Kier molecular flexibility index (Phi) is 5.56. The van der Waals surface area contributed by atoms with Crippen molar-refractivity contribution in [2.75, 3.05) is 0 Å². The van der Waals surface area contributed by atoms with Gasteiger partial charge in [0.2, 0.25) is 5.91 Å². The molecule has 1 heterocycles. The zero-order valence-corrected chi connectivity index (χ0v) is 15.4. The van der Waals surface area contributed by atoms with Crippen LogP contribution in [-0.4, -0.2) is 27.9 Å². The van der Waals surface area contributed by atoms with Crippen LogP contribution in [0, 0.1) is 0 Å². The quantitative estimate of drug-likeness (QED) is 0.833. The average Bonchev–Trinajstić information content (AvgIpc) is 3.06. The zero-order chi connectivity index (χ0) is 20.4. The van der Waals surface area contributed by atoms with E-state index in [1.54, 1.807) is 24.3 Å². The first kappa shape index (κ1) is 20.1. The lowest BCUT2D eigenvalue weighted by Gasteiger charge is -2.31. The monoisotopic (exact) mass is 390 g/mol. The minimum atomic E-state index is -4.72. The molecule has 0 aliphatic carbocycles. The van der Waals surface area contributed by atoms with Crippen molar-refractivity contribution in [1.29, 1.82) is 0 Å². The van der Waals surface area contributed by atoms with E-state index in [-0.39, 0.29) is 12.0 Å². The van der Waals surface area contributed by atoms with Crippen LogP contribution in [0.1, 0.15) is 36.5 Å². The molecule has 1 aliphatic heterocycles. The van der Waals surface area contributed by atoms with Gasteiger partial charge < -0.3 is 5.11 Å². The molecule has 0 spiro atoms. The number of alkyl halides is 3. The third-order valence-corrected chi connectivity index (χ3v) is 4.84. The first-order chi connectivity index (χ1) is 13.2. The fourth-order valence-electron chi connectivity index (χ4n) is 3.20. The maximum Gasteiger partial charge on any atom is 0.431 e. The third-order valence-electron chi connectivity index (χ3n) is 4.84. The Morgan fingerprint density at radius 2 is 1.75 bits per heavy atom. The van der Waals surface area contributed by atoms with Gasteiger partial charge in [-0.25, -0.2) is 0 Å². The molecule has 0 aromatic heterocycles. The zero-order valence-electron chi connectivity index (χ0n) is 15.4. The van der Waals surface area contributed by atoms with Gasteiger partial charge in [-0.1, -0.05) is 61.5 Å². The number of aryl methyl sites for hydroxylation is 2. The molecule has 0 saturated carbocycles. The van der Waals surface area contributed by atoms with Gasteiger partial charge in [-0.15, -0.1) is 0 Å². The molecule has 0 bridgehead atoms. The highest BCUT2D eigenvalue weighted by Gasteiger charge is 2.52. The highest BCUT2D eigenvalue weighted by molar-refractivity contribution is 5.94. The van der Waals surface area contributed by atoms with Gasteiger partial charge in [0.05, 0.1) is 6.42 Å². The highest BCUT2D eigenvalue weighted by atomic mass is 19.4. The van der Waals surface area contributed by atoms with Crippen molar-refractivity contribution in [2.45, 2.75) is 44.5 Å². The molecule has 0 unspecified atom stereocenters. The predicted molar refractivity (Wildman–Crippen MR) is 99.4 cm³/mol. The number of nitrogens with zero attached hydrogens (tertiary/aromatic N) is 2. The molecule has 0 saturated heterocycles. The standard InChI is InChI=1S/C21H21F3N2O2/c1-2-15-8-11-17(12-9-15)20(28)14-18(21(22,23)24)25-26(20)19(27)13-10-16-6-4-3-5-7-16/h3-9,11-12,28H,2,10,13-14H2,1H3/t20-/m0/s1. The Morgan fingerprint density at radius 1 is 1.11 bits per heavy atom. The van der Waals surface area contributed by atoms with Crippen LogP contribution in [0.3, 0.4) is 0 Å². The second kappa shape index (κ2) is 7.75. The van der Waals surface area contributed by atoms with E-state index in [4.69, 9.17) is 0 Å². The van der Waals surface area contributed by atoms with Crippen LogP contribution < -0.4 is 0 Å². The SMILES string of the molecule is CCc1ccc([C@@]2(O)CC(C(F)(F)F)=NN2C(=O)CCc2ccccc2)cc1.